The second-order valence-corrected chi connectivity index (χ2v) is 6.58. The Morgan fingerprint density at radius 2 is 1.66 bits per heavy atom. The molecule has 2 heterocycles. The highest BCUT2D eigenvalue weighted by atomic mass is 16.5. The van der Waals surface area contributed by atoms with Gasteiger partial charge in [-0.05, 0) is 55.0 Å². The maximum atomic E-state index is 12.3. The summed E-state index contributed by atoms with van der Waals surface area (Å²) in [4.78, 5) is 41.9. The van der Waals surface area contributed by atoms with Gasteiger partial charge in [-0.15, -0.1) is 0 Å². The molecule has 1 saturated heterocycles. The zero-order chi connectivity index (χ0) is 20.2. The lowest BCUT2D eigenvalue weighted by atomic mass is 10.1. The fourth-order valence-corrected chi connectivity index (χ4v) is 3.14. The average molecular weight is 390 g/mol. The highest BCUT2D eigenvalue weighted by molar-refractivity contribution is 6.00. The van der Waals surface area contributed by atoms with E-state index >= 15 is 0 Å². The third-order valence-corrected chi connectivity index (χ3v) is 4.70. The molecule has 2 aromatic carbocycles. The number of hydrogen-bond donors (Lipinski definition) is 0. The summed E-state index contributed by atoms with van der Waals surface area (Å²) in [5.41, 5.74) is 2.29. The molecule has 0 spiro atoms. The molecule has 29 heavy (non-hydrogen) atoms. The van der Waals surface area contributed by atoms with E-state index in [1.165, 1.54) is 6.33 Å². The molecular formula is C21H18N4O4. The van der Waals surface area contributed by atoms with Crippen LogP contribution in [0.1, 0.15) is 33.6 Å². The van der Waals surface area contributed by atoms with Crippen molar-refractivity contribution in [3.05, 3.63) is 72.3 Å². The number of benzene rings is 2. The van der Waals surface area contributed by atoms with E-state index in [0.717, 1.165) is 17.8 Å². The van der Waals surface area contributed by atoms with Gasteiger partial charge in [0.15, 0.2) is 12.4 Å². The minimum atomic E-state index is -0.581. The van der Waals surface area contributed by atoms with Gasteiger partial charge in [-0.1, -0.05) is 0 Å². The molecule has 1 amide bonds. The summed E-state index contributed by atoms with van der Waals surface area (Å²) in [7, 11) is 0. The number of rotatable bonds is 6. The zero-order valence-electron chi connectivity index (χ0n) is 15.5. The van der Waals surface area contributed by atoms with Crippen LogP contribution in [-0.4, -0.2) is 45.6 Å². The maximum Gasteiger partial charge on any atom is 0.338 e. The van der Waals surface area contributed by atoms with E-state index in [2.05, 4.69) is 10.1 Å². The summed E-state index contributed by atoms with van der Waals surface area (Å²) in [6.07, 6.45) is 4.37. The van der Waals surface area contributed by atoms with E-state index in [-0.39, 0.29) is 18.3 Å². The minimum absolute atomic E-state index is 0.0906. The normalized spacial score (nSPS) is 13.5. The lowest BCUT2D eigenvalue weighted by molar-refractivity contribution is -0.117. The smallest absolute Gasteiger partial charge is 0.338 e. The third kappa shape index (κ3) is 4.06. The Kier molecular flexibility index (Phi) is 5.15. The number of Topliss-reactive ketones (excluding diaryl/α,β-unsaturated/α-hetero) is 1. The van der Waals surface area contributed by atoms with E-state index in [1.807, 2.05) is 0 Å². The SMILES string of the molecule is O=C(COC(=O)c1ccc(-n2cncn2)cc1)c1ccc(N2CCCC2=O)cc1. The van der Waals surface area contributed by atoms with Crippen molar-refractivity contribution in [1.29, 1.82) is 0 Å². The van der Waals surface area contributed by atoms with Crippen LogP contribution in [0.5, 0.6) is 0 Å². The van der Waals surface area contributed by atoms with Gasteiger partial charge in [0.05, 0.1) is 11.3 Å². The number of anilines is 1. The Labute approximate surface area is 166 Å². The Hall–Kier alpha value is -3.81. The molecule has 0 radical (unpaired) electrons. The van der Waals surface area contributed by atoms with Gasteiger partial charge in [0.2, 0.25) is 5.91 Å². The summed E-state index contributed by atoms with van der Waals surface area (Å²) in [5.74, 6) is -0.799. The molecule has 1 fully saturated rings. The van der Waals surface area contributed by atoms with Gasteiger partial charge in [0.1, 0.15) is 12.7 Å². The Bertz CT molecular complexity index is 1030. The number of carbonyl (C=O) groups is 3. The molecule has 0 aliphatic carbocycles. The number of nitrogens with zero attached hydrogens (tertiary/aromatic N) is 4. The van der Waals surface area contributed by atoms with Crippen LogP contribution in [0.25, 0.3) is 5.69 Å². The van der Waals surface area contributed by atoms with Crippen molar-refractivity contribution in [1.82, 2.24) is 14.8 Å². The van der Waals surface area contributed by atoms with E-state index in [4.69, 9.17) is 4.74 Å². The molecule has 4 rings (SSSR count). The first-order valence-electron chi connectivity index (χ1n) is 9.17. The Balaban J connectivity index is 1.34. The second-order valence-electron chi connectivity index (χ2n) is 6.58. The first-order chi connectivity index (χ1) is 14.1. The summed E-state index contributed by atoms with van der Waals surface area (Å²) < 4.78 is 6.70. The van der Waals surface area contributed by atoms with E-state index in [1.54, 1.807) is 64.4 Å². The van der Waals surface area contributed by atoms with Crippen molar-refractivity contribution in [2.75, 3.05) is 18.1 Å². The fraction of sp³-hybridized carbons (Fsp3) is 0.190. The summed E-state index contributed by atoms with van der Waals surface area (Å²) in [6, 6.07) is 13.4. The van der Waals surface area contributed by atoms with Crippen LogP contribution in [0.2, 0.25) is 0 Å². The zero-order valence-corrected chi connectivity index (χ0v) is 15.5. The second kappa shape index (κ2) is 8.05. The van der Waals surface area contributed by atoms with Crippen molar-refractivity contribution in [3.8, 4) is 5.69 Å². The summed E-state index contributed by atoms with van der Waals surface area (Å²) in [5, 5.41) is 4.01. The van der Waals surface area contributed by atoms with Gasteiger partial charge in [0.25, 0.3) is 0 Å². The average Bonchev–Trinajstić information content (AvgIpc) is 3.44. The third-order valence-electron chi connectivity index (χ3n) is 4.70. The molecule has 146 valence electrons. The van der Waals surface area contributed by atoms with Crippen molar-refractivity contribution >= 4 is 23.3 Å². The van der Waals surface area contributed by atoms with Crippen LogP contribution in [-0.2, 0) is 9.53 Å². The van der Waals surface area contributed by atoms with Crippen LogP contribution in [0, 0.1) is 0 Å². The molecule has 0 unspecified atom stereocenters. The highest BCUT2D eigenvalue weighted by Crippen LogP contribution is 2.21. The summed E-state index contributed by atoms with van der Waals surface area (Å²) >= 11 is 0. The molecule has 1 aliphatic rings. The van der Waals surface area contributed by atoms with Gasteiger partial charge < -0.3 is 9.64 Å². The topological polar surface area (TPSA) is 94.4 Å². The monoisotopic (exact) mass is 390 g/mol. The number of ether oxygens (including phenoxy) is 1. The number of carbonyl (C=O) groups excluding carboxylic acids is 3. The fourth-order valence-electron chi connectivity index (χ4n) is 3.14. The van der Waals surface area contributed by atoms with E-state index in [9.17, 15) is 14.4 Å². The van der Waals surface area contributed by atoms with Crippen LogP contribution >= 0.6 is 0 Å². The van der Waals surface area contributed by atoms with Crippen LogP contribution < -0.4 is 4.90 Å². The molecular weight excluding hydrogens is 372 g/mol. The predicted molar refractivity (Wildman–Crippen MR) is 104 cm³/mol. The number of ketones is 1. The molecule has 1 aliphatic heterocycles. The molecule has 3 aromatic rings. The van der Waals surface area contributed by atoms with Crippen LogP contribution in [0.3, 0.4) is 0 Å². The number of esters is 1. The van der Waals surface area contributed by atoms with Gasteiger partial charge >= 0.3 is 5.97 Å². The molecule has 8 nitrogen and oxygen atoms in total. The molecule has 0 N–H and O–H groups in total. The van der Waals surface area contributed by atoms with E-state index < -0.39 is 5.97 Å². The predicted octanol–water partition coefficient (Wildman–Crippen LogP) is 2.43. The highest BCUT2D eigenvalue weighted by Gasteiger charge is 2.21. The number of amides is 1. The first-order valence-corrected chi connectivity index (χ1v) is 9.17. The van der Waals surface area contributed by atoms with E-state index in [0.29, 0.717) is 24.1 Å². The van der Waals surface area contributed by atoms with Gasteiger partial charge in [-0.3, -0.25) is 9.59 Å². The Morgan fingerprint density at radius 3 is 2.28 bits per heavy atom. The molecule has 0 saturated carbocycles. The molecule has 0 bridgehead atoms. The van der Waals surface area contributed by atoms with Crippen molar-refractivity contribution in [3.63, 3.8) is 0 Å². The van der Waals surface area contributed by atoms with Crippen LogP contribution in [0.4, 0.5) is 5.69 Å². The largest absolute Gasteiger partial charge is 0.454 e. The lowest BCUT2D eigenvalue weighted by Gasteiger charge is -2.15. The first kappa shape index (κ1) is 18.5. The van der Waals surface area contributed by atoms with Crippen molar-refractivity contribution < 1.29 is 19.1 Å². The van der Waals surface area contributed by atoms with Crippen molar-refractivity contribution in [2.24, 2.45) is 0 Å². The summed E-state index contributed by atoms with van der Waals surface area (Å²) in [6.45, 7) is 0.338. The maximum absolute atomic E-state index is 12.3. The molecule has 8 heteroatoms. The lowest BCUT2D eigenvalue weighted by Crippen LogP contribution is -2.23. The quantitative estimate of drug-likeness (QED) is 0.474. The van der Waals surface area contributed by atoms with Gasteiger partial charge in [-0.25, -0.2) is 14.5 Å². The molecule has 0 atom stereocenters. The number of aromatic nitrogens is 3. The molecule has 1 aromatic heterocycles. The van der Waals surface area contributed by atoms with Gasteiger partial charge in [-0.2, -0.15) is 5.10 Å². The standard InChI is InChI=1S/C21H18N4O4/c26-19(15-3-7-17(8-4-15)24-11-1-2-20(24)27)12-29-21(28)16-5-9-18(10-6-16)25-14-22-13-23-25/h3-10,13-14H,1-2,11-12H2. The number of hydrogen-bond acceptors (Lipinski definition) is 6. The minimum Gasteiger partial charge on any atom is -0.454 e. The van der Waals surface area contributed by atoms with Crippen LogP contribution in [0.15, 0.2) is 61.2 Å². The van der Waals surface area contributed by atoms with Gasteiger partial charge in [0, 0.05) is 24.2 Å². The van der Waals surface area contributed by atoms with Crippen molar-refractivity contribution in [2.45, 2.75) is 12.8 Å². The Morgan fingerprint density at radius 1 is 0.966 bits per heavy atom.